The summed E-state index contributed by atoms with van der Waals surface area (Å²) in [6, 6.07) is 4.47. The number of nitrogens with one attached hydrogen (secondary N) is 1. The van der Waals surface area contributed by atoms with E-state index in [1.165, 1.54) is 44.2 Å². The third kappa shape index (κ3) is 6.82. The number of halogens is 3. The number of rotatable bonds is 9. The van der Waals surface area contributed by atoms with Crippen molar-refractivity contribution < 1.29 is 23.5 Å². The normalized spacial score (nSPS) is 26.6. The van der Waals surface area contributed by atoms with E-state index in [-0.39, 0.29) is 48.0 Å². The molecule has 206 valence electrons. The van der Waals surface area contributed by atoms with Crippen molar-refractivity contribution in [2.75, 3.05) is 32.7 Å². The van der Waals surface area contributed by atoms with E-state index in [1.54, 1.807) is 6.07 Å². The molecule has 3 fully saturated rings. The van der Waals surface area contributed by atoms with Crippen molar-refractivity contribution in [3.8, 4) is 0 Å². The Bertz CT molecular complexity index is 951. The van der Waals surface area contributed by atoms with Gasteiger partial charge in [-0.2, -0.15) is 0 Å². The van der Waals surface area contributed by atoms with Crippen LogP contribution in [0.5, 0.6) is 0 Å². The molecule has 0 aromatic heterocycles. The summed E-state index contributed by atoms with van der Waals surface area (Å²) >= 11 is 6.27. The summed E-state index contributed by atoms with van der Waals surface area (Å²) in [6.45, 7) is 5.69. The van der Waals surface area contributed by atoms with Crippen LogP contribution in [0.1, 0.15) is 75.8 Å². The highest BCUT2D eigenvalue weighted by Crippen LogP contribution is 2.41. The number of carboxylic acids is 1. The maximum atomic E-state index is 13.7. The van der Waals surface area contributed by atoms with Crippen molar-refractivity contribution in [2.24, 2.45) is 17.3 Å². The first-order valence-electron chi connectivity index (χ1n) is 13.7. The highest BCUT2D eigenvalue weighted by atomic mass is 35.5. The van der Waals surface area contributed by atoms with Gasteiger partial charge < -0.3 is 15.3 Å². The van der Waals surface area contributed by atoms with E-state index in [9.17, 15) is 23.5 Å². The van der Waals surface area contributed by atoms with E-state index in [1.807, 2.05) is 11.8 Å². The molecule has 2 saturated heterocycles. The van der Waals surface area contributed by atoms with Crippen LogP contribution in [-0.4, -0.2) is 65.5 Å². The molecule has 37 heavy (non-hydrogen) atoms. The number of piperidine rings is 1. The van der Waals surface area contributed by atoms with Gasteiger partial charge in [-0.15, -0.1) is 0 Å². The molecule has 1 aliphatic carbocycles. The lowest BCUT2D eigenvalue weighted by Crippen LogP contribution is -2.53. The number of hydrogen-bond donors (Lipinski definition) is 2. The Hall–Kier alpha value is -1.77. The number of carbonyl (C=O) groups excluding carboxylic acids is 1. The Labute approximate surface area is 223 Å². The summed E-state index contributed by atoms with van der Waals surface area (Å²) in [7, 11) is 0. The van der Waals surface area contributed by atoms with Gasteiger partial charge in [-0.1, -0.05) is 49.9 Å². The van der Waals surface area contributed by atoms with E-state index >= 15 is 0 Å². The second-order valence-electron chi connectivity index (χ2n) is 11.5. The third-order valence-corrected chi connectivity index (χ3v) is 9.19. The van der Waals surface area contributed by atoms with Crippen molar-refractivity contribution in [3.63, 3.8) is 0 Å². The minimum Gasteiger partial charge on any atom is -0.481 e. The largest absolute Gasteiger partial charge is 0.481 e. The van der Waals surface area contributed by atoms with E-state index < -0.39 is 17.8 Å². The van der Waals surface area contributed by atoms with Gasteiger partial charge >= 0.3 is 5.97 Å². The molecule has 1 amide bonds. The Morgan fingerprint density at radius 3 is 2.49 bits per heavy atom. The summed E-state index contributed by atoms with van der Waals surface area (Å²) < 4.78 is 27.2. The van der Waals surface area contributed by atoms with Crippen LogP contribution in [-0.2, 0) is 16.1 Å². The van der Waals surface area contributed by atoms with E-state index in [4.69, 9.17) is 11.6 Å². The van der Waals surface area contributed by atoms with Crippen LogP contribution in [0.25, 0.3) is 0 Å². The zero-order valence-corrected chi connectivity index (χ0v) is 22.5. The molecule has 2 N–H and O–H groups in total. The second-order valence-corrected chi connectivity index (χ2v) is 11.9. The molecule has 2 aliphatic heterocycles. The first-order chi connectivity index (χ1) is 17.7. The molecule has 0 spiro atoms. The molecule has 6 nitrogen and oxygen atoms in total. The molecule has 0 bridgehead atoms. The standard InChI is InChI=1S/C28H40ClF2N3O3/c1-19-15-34(17-23-22(26(30)31)8-5-9-24(23)29)18-28(19,14-25(35)36)27(37)32-21-10-12-33(13-11-21)16-20-6-3-2-4-7-20/h5,8-9,19-21,26H,2-4,6-7,10-18H2,1H3,(H,32,37)(H,35,36). The van der Waals surface area contributed by atoms with Gasteiger partial charge in [-0.05, 0) is 49.1 Å². The lowest BCUT2D eigenvalue weighted by atomic mass is 9.75. The molecular formula is C28H40ClF2N3O3. The molecule has 4 rings (SSSR count). The highest BCUT2D eigenvalue weighted by Gasteiger charge is 2.51. The Morgan fingerprint density at radius 2 is 1.84 bits per heavy atom. The molecule has 0 radical (unpaired) electrons. The van der Waals surface area contributed by atoms with Crippen LogP contribution in [0.2, 0.25) is 5.02 Å². The van der Waals surface area contributed by atoms with Gasteiger partial charge in [0.2, 0.25) is 5.91 Å². The van der Waals surface area contributed by atoms with Gasteiger partial charge in [0, 0.05) is 55.9 Å². The molecule has 2 unspecified atom stereocenters. The first kappa shape index (κ1) is 28.2. The summed E-state index contributed by atoms with van der Waals surface area (Å²) in [4.78, 5) is 29.9. The molecule has 1 aromatic carbocycles. The van der Waals surface area contributed by atoms with Crippen LogP contribution in [0, 0.1) is 17.3 Å². The number of amides is 1. The first-order valence-corrected chi connectivity index (χ1v) is 14.1. The number of carboxylic acid groups (broad SMARTS) is 1. The Balaban J connectivity index is 1.39. The fourth-order valence-corrected chi connectivity index (χ4v) is 6.91. The SMILES string of the molecule is CC1CN(Cc2c(Cl)cccc2C(F)F)CC1(CC(=O)O)C(=O)NC1CCN(CC2CCCCC2)CC1. The van der Waals surface area contributed by atoms with Gasteiger partial charge in [0.1, 0.15) is 0 Å². The van der Waals surface area contributed by atoms with Crippen LogP contribution >= 0.6 is 11.6 Å². The lowest BCUT2D eigenvalue weighted by molar-refractivity contribution is -0.147. The summed E-state index contributed by atoms with van der Waals surface area (Å²) in [5, 5.41) is 13.2. The molecule has 2 atom stereocenters. The molecule has 1 saturated carbocycles. The number of benzene rings is 1. The predicted molar refractivity (Wildman–Crippen MR) is 140 cm³/mol. The summed E-state index contributed by atoms with van der Waals surface area (Å²) in [5.41, 5.74) is -0.902. The molecular weight excluding hydrogens is 500 g/mol. The van der Waals surface area contributed by atoms with E-state index in [2.05, 4.69) is 10.2 Å². The lowest BCUT2D eigenvalue weighted by Gasteiger charge is -2.37. The highest BCUT2D eigenvalue weighted by molar-refractivity contribution is 6.31. The quantitative estimate of drug-likeness (QED) is 0.442. The zero-order chi connectivity index (χ0) is 26.6. The van der Waals surface area contributed by atoms with Crippen molar-refractivity contribution in [2.45, 2.75) is 77.3 Å². The number of hydrogen-bond acceptors (Lipinski definition) is 4. The van der Waals surface area contributed by atoms with Crippen LogP contribution in [0.3, 0.4) is 0 Å². The van der Waals surface area contributed by atoms with Gasteiger partial charge in [-0.25, -0.2) is 8.78 Å². The number of alkyl halides is 2. The second kappa shape index (κ2) is 12.4. The predicted octanol–water partition coefficient (Wildman–Crippen LogP) is 5.35. The Kier molecular flexibility index (Phi) is 9.46. The van der Waals surface area contributed by atoms with Gasteiger partial charge in [-0.3, -0.25) is 14.5 Å². The minimum atomic E-state index is -2.66. The van der Waals surface area contributed by atoms with Gasteiger partial charge in [0.05, 0.1) is 11.8 Å². The number of aliphatic carboxylic acids is 1. The molecule has 2 heterocycles. The maximum Gasteiger partial charge on any atom is 0.304 e. The maximum absolute atomic E-state index is 13.7. The number of likely N-dealkylation sites (tertiary alicyclic amines) is 2. The minimum absolute atomic E-state index is 0.0241. The third-order valence-electron chi connectivity index (χ3n) is 8.84. The van der Waals surface area contributed by atoms with Gasteiger partial charge in [0.15, 0.2) is 0 Å². The van der Waals surface area contributed by atoms with E-state index in [0.29, 0.717) is 12.1 Å². The van der Waals surface area contributed by atoms with Crippen molar-refractivity contribution >= 4 is 23.5 Å². The van der Waals surface area contributed by atoms with E-state index in [0.717, 1.165) is 38.4 Å². The fraction of sp³-hybridized carbons (Fsp3) is 0.714. The van der Waals surface area contributed by atoms with Crippen molar-refractivity contribution in [1.82, 2.24) is 15.1 Å². The van der Waals surface area contributed by atoms with Crippen LogP contribution < -0.4 is 5.32 Å². The Morgan fingerprint density at radius 1 is 1.14 bits per heavy atom. The fourth-order valence-electron chi connectivity index (χ4n) is 6.67. The number of nitrogens with zero attached hydrogens (tertiary/aromatic N) is 2. The van der Waals surface area contributed by atoms with Crippen LogP contribution in [0.4, 0.5) is 8.78 Å². The smallest absolute Gasteiger partial charge is 0.304 e. The molecule has 9 heteroatoms. The monoisotopic (exact) mass is 539 g/mol. The van der Waals surface area contributed by atoms with Gasteiger partial charge in [0.25, 0.3) is 6.43 Å². The average Bonchev–Trinajstić information content (AvgIpc) is 3.17. The molecule has 1 aromatic rings. The molecule has 3 aliphatic rings. The summed E-state index contributed by atoms with van der Waals surface area (Å²) in [5.74, 6) is -0.721. The summed E-state index contributed by atoms with van der Waals surface area (Å²) in [6.07, 6.45) is 5.41. The van der Waals surface area contributed by atoms with Crippen molar-refractivity contribution in [1.29, 1.82) is 0 Å². The number of carbonyl (C=O) groups is 2. The zero-order valence-electron chi connectivity index (χ0n) is 21.7. The van der Waals surface area contributed by atoms with Crippen LogP contribution in [0.15, 0.2) is 18.2 Å². The topological polar surface area (TPSA) is 72.9 Å². The van der Waals surface area contributed by atoms with Crippen molar-refractivity contribution in [3.05, 3.63) is 34.3 Å². The average molecular weight is 540 g/mol.